The van der Waals surface area contributed by atoms with Gasteiger partial charge in [-0.05, 0) is 25.1 Å². The van der Waals surface area contributed by atoms with Gasteiger partial charge in [0.05, 0.1) is 5.56 Å². The first-order valence-corrected chi connectivity index (χ1v) is 6.53. The van der Waals surface area contributed by atoms with E-state index >= 15 is 0 Å². The van der Waals surface area contributed by atoms with Crippen LogP contribution in [-0.4, -0.2) is 49.6 Å². The third kappa shape index (κ3) is 3.94. The van der Waals surface area contributed by atoms with E-state index in [4.69, 9.17) is 0 Å². The van der Waals surface area contributed by atoms with E-state index in [1.165, 1.54) is 12.1 Å². The molecule has 19 heavy (non-hydrogen) atoms. The maximum absolute atomic E-state index is 12.8. The van der Waals surface area contributed by atoms with E-state index in [1.54, 1.807) is 12.1 Å². The lowest BCUT2D eigenvalue weighted by Crippen LogP contribution is -2.45. The fraction of sp³-hybridized carbons (Fsp3) is 0.571. The first kappa shape index (κ1) is 14.3. The number of rotatable bonds is 3. The highest BCUT2D eigenvalue weighted by atomic mass is 19.4. The Morgan fingerprint density at radius 1 is 1.05 bits per heavy atom. The number of benzene rings is 1. The number of nitrogens with zero attached hydrogens (tertiary/aromatic N) is 2. The van der Waals surface area contributed by atoms with Crippen LogP contribution >= 0.6 is 0 Å². The highest BCUT2D eigenvalue weighted by Crippen LogP contribution is 2.32. The van der Waals surface area contributed by atoms with Crippen LogP contribution < -0.4 is 0 Å². The Bertz CT molecular complexity index is 409. The Hall–Kier alpha value is -1.07. The van der Waals surface area contributed by atoms with Gasteiger partial charge in [0.2, 0.25) is 0 Å². The summed E-state index contributed by atoms with van der Waals surface area (Å²) < 4.78 is 38.5. The van der Waals surface area contributed by atoms with Gasteiger partial charge in [-0.3, -0.25) is 0 Å². The third-order valence-corrected chi connectivity index (χ3v) is 3.62. The largest absolute Gasteiger partial charge is 0.416 e. The van der Waals surface area contributed by atoms with Crippen LogP contribution in [0, 0.1) is 0 Å². The normalized spacial score (nSPS) is 18.7. The summed E-state index contributed by atoms with van der Waals surface area (Å²) in [5.74, 6) is 0. The van der Waals surface area contributed by atoms with Crippen molar-refractivity contribution in [3.8, 4) is 0 Å². The number of hydrogen-bond acceptors (Lipinski definition) is 2. The smallest absolute Gasteiger partial charge is 0.304 e. The minimum Gasteiger partial charge on any atom is -0.304 e. The zero-order chi connectivity index (χ0) is 13.9. The molecule has 1 aliphatic heterocycles. The summed E-state index contributed by atoms with van der Waals surface area (Å²) in [5.41, 5.74) is -0.0990. The maximum atomic E-state index is 12.8. The second-order valence-electron chi connectivity index (χ2n) is 5.05. The van der Waals surface area contributed by atoms with Gasteiger partial charge in [-0.25, -0.2) is 0 Å². The third-order valence-electron chi connectivity index (χ3n) is 3.62. The van der Waals surface area contributed by atoms with Crippen molar-refractivity contribution in [2.24, 2.45) is 0 Å². The van der Waals surface area contributed by atoms with E-state index in [0.717, 1.165) is 26.2 Å². The van der Waals surface area contributed by atoms with Gasteiger partial charge < -0.3 is 9.80 Å². The first-order chi connectivity index (χ1) is 8.97. The monoisotopic (exact) mass is 272 g/mol. The molecular weight excluding hydrogens is 253 g/mol. The molecule has 106 valence electrons. The topological polar surface area (TPSA) is 6.48 Å². The van der Waals surface area contributed by atoms with Gasteiger partial charge in [-0.1, -0.05) is 18.2 Å². The standard InChI is InChI=1S/C14H19F3N2/c1-18-8-10-19(11-9-18)7-6-12-4-2-3-5-13(12)14(15,16)17/h2-5H,6-11H2,1H3. The summed E-state index contributed by atoms with van der Waals surface area (Å²) in [5, 5.41) is 0. The zero-order valence-corrected chi connectivity index (χ0v) is 11.1. The molecule has 0 radical (unpaired) electrons. The van der Waals surface area contributed by atoms with Gasteiger partial charge in [-0.15, -0.1) is 0 Å². The van der Waals surface area contributed by atoms with E-state index in [0.29, 0.717) is 18.5 Å². The van der Waals surface area contributed by atoms with Crippen LogP contribution in [0.15, 0.2) is 24.3 Å². The van der Waals surface area contributed by atoms with Crippen LogP contribution in [0.2, 0.25) is 0 Å². The Labute approximate surface area is 111 Å². The maximum Gasteiger partial charge on any atom is 0.416 e. The van der Waals surface area contributed by atoms with Gasteiger partial charge in [0.25, 0.3) is 0 Å². The minimum absolute atomic E-state index is 0.397. The van der Waals surface area contributed by atoms with Crippen molar-refractivity contribution in [3.05, 3.63) is 35.4 Å². The number of halogens is 3. The Kier molecular flexibility index (Phi) is 4.47. The van der Waals surface area contributed by atoms with Crippen molar-refractivity contribution in [2.45, 2.75) is 12.6 Å². The molecule has 5 heteroatoms. The molecule has 0 unspecified atom stereocenters. The Morgan fingerprint density at radius 3 is 2.32 bits per heavy atom. The van der Waals surface area contributed by atoms with E-state index in [1.807, 2.05) is 0 Å². The second kappa shape index (κ2) is 5.92. The van der Waals surface area contributed by atoms with E-state index in [2.05, 4.69) is 16.8 Å². The van der Waals surface area contributed by atoms with Gasteiger partial charge in [0.15, 0.2) is 0 Å². The molecule has 2 rings (SSSR count). The molecule has 0 N–H and O–H groups in total. The van der Waals surface area contributed by atoms with Crippen molar-refractivity contribution < 1.29 is 13.2 Å². The molecule has 1 aromatic carbocycles. The SMILES string of the molecule is CN1CCN(CCc2ccccc2C(F)(F)F)CC1. The fourth-order valence-electron chi connectivity index (χ4n) is 2.36. The van der Waals surface area contributed by atoms with Gasteiger partial charge >= 0.3 is 6.18 Å². The lowest BCUT2D eigenvalue weighted by atomic mass is 10.0. The Morgan fingerprint density at radius 2 is 1.68 bits per heavy atom. The summed E-state index contributed by atoms with van der Waals surface area (Å²) in [6, 6.07) is 5.87. The molecule has 0 amide bonds. The van der Waals surface area contributed by atoms with E-state index < -0.39 is 11.7 Å². The average molecular weight is 272 g/mol. The highest BCUT2D eigenvalue weighted by Gasteiger charge is 2.32. The minimum atomic E-state index is -4.25. The highest BCUT2D eigenvalue weighted by molar-refractivity contribution is 5.29. The van der Waals surface area contributed by atoms with Crippen LogP contribution in [0.5, 0.6) is 0 Å². The zero-order valence-electron chi connectivity index (χ0n) is 11.1. The van der Waals surface area contributed by atoms with Crippen LogP contribution in [0.1, 0.15) is 11.1 Å². The molecule has 1 fully saturated rings. The summed E-state index contributed by atoms with van der Waals surface area (Å²) in [4.78, 5) is 4.47. The molecule has 2 nitrogen and oxygen atoms in total. The molecule has 1 heterocycles. The molecule has 1 saturated heterocycles. The first-order valence-electron chi connectivity index (χ1n) is 6.53. The molecule has 1 aromatic rings. The lowest BCUT2D eigenvalue weighted by molar-refractivity contribution is -0.138. The number of likely N-dealkylation sites (N-methyl/N-ethyl adjacent to an activating group) is 1. The van der Waals surface area contributed by atoms with Crippen LogP contribution in [0.3, 0.4) is 0 Å². The Balaban J connectivity index is 1.96. The second-order valence-corrected chi connectivity index (χ2v) is 5.05. The molecule has 0 aliphatic carbocycles. The molecule has 0 spiro atoms. The van der Waals surface area contributed by atoms with Gasteiger partial charge in [0.1, 0.15) is 0 Å². The van der Waals surface area contributed by atoms with Crippen LogP contribution in [-0.2, 0) is 12.6 Å². The van der Waals surface area contributed by atoms with Crippen molar-refractivity contribution in [2.75, 3.05) is 39.8 Å². The van der Waals surface area contributed by atoms with Crippen LogP contribution in [0.25, 0.3) is 0 Å². The molecule has 0 atom stereocenters. The lowest BCUT2D eigenvalue weighted by Gasteiger charge is -2.32. The summed E-state index contributed by atoms with van der Waals surface area (Å²) in [6.45, 7) is 4.54. The van der Waals surface area contributed by atoms with Crippen molar-refractivity contribution >= 4 is 0 Å². The average Bonchev–Trinajstić information content (AvgIpc) is 2.37. The van der Waals surface area contributed by atoms with Crippen LogP contribution in [0.4, 0.5) is 13.2 Å². The van der Waals surface area contributed by atoms with Crippen molar-refractivity contribution in [1.29, 1.82) is 0 Å². The quantitative estimate of drug-likeness (QED) is 0.834. The predicted molar refractivity (Wildman–Crippen MR) is 69.1 cm³/mol. The number of alkyl halides is 3. The van der Waals surface area contributed by atoms with E-state index in [9.17, 15) is 13.2 Å². The van der Waals surface area contributed by atoms with Gasteiger partial charge in [0, 0.05) is 32.7 Å². The number of hydrogen-bond donors (Lipinski definition) is 0. The van der Waals surface area contributed by atoms with Gasteiger partial charge in [-0.2, -0.15) is 13.2 Å². The molecular formula is C14H19F3N2. The number of piperazine rings is 1. The fourth-order valence-corrected chi connectivity index (χ4v) is 2.36. The van der Waals surface area contributed by atoms with Crippen molar-refractivity contribution in [3.63, 3.8) is 0 Å². The summed E-state index contributed by atoms with van der Waals surface area (Å²) in [6.07, 6.45) is -3.79. The molecule has 1 aliphatic rings. The van der Waals surface area contributed by atoms with Crippen molar-refractivity contribution in [1.82, 2.24) is 9.80 Å². The summed E-state index contributed by atoms with van der Waals surface area (Å²) in [7, 11) is 2.07. The molecule has 0 bridgehead atoms. The molecule has 0 aromatic heterocycles. The van der Waals surface area contributed by atoms with E-state index in [-0.39, 0.29) is 0 Å². The molecule has 0 saturated carbocycles. The summed E-state index contributed by atoms with van der Waals surface area (Å²) >= 11 is 0. The predicted octanol–water partition coefficient (Wildman–Crippen LogP) is 2.50.